The van der Waals surface area contributed by atoms with E-state index in [-0.39, 0.29) is 34.3 Å². The van der Waals surface area contributed by atoms with Crippen LogP contribution in [0.1, 0.15) is 52.1 Å². The molecule has 0 saturated heterocycles. The van der Waals surface area contributed by atoms with Gasteiger partial charge in [-0.15, -0.1) is 0 Å². The molecule has 0 saturated carbocycles. The van der Waals surface area contributed by atoms with Gasteiger partial charge in [-0.05, 0) is 35.3 Å². The number of nitrogens with zero attached hydrogens (tertiary/aromatic N) is 1. The van der Waals surface area contributed by atoms with Gasteiger partial charge in [-0.2, -0.15) is 0 Å². The van der Waals surface area contributed by atoms with Crippen molar-refractivity contribution in [1.82, 2.24) is 4.57 Å². The molecule has 0 fully saturated rings. The Balaban J connectivity index is 3.15. The van der Waals surface area contributed by atoms with Crippen LogP contribution in [0.2, 0.25) is 36.3 Å². The Kier molecular flexibility index (Phi) is 6.41. The molecule has 26 heavy (non-hydrogen) atoms. The highest BCUT2D eigenvalue weighted by molar-refractivity contribution is 6.80. The van der Waals surface area contributed by atoms with E-state index in [1.165, 1.54) is 6.26 Å². The van der Waals surface area contributed by atoms with E-state index in [1.54, 1.807) is 16.7 Å². The summed E-state index contributed by atoms with van der Waals surface area (Å²) >= 11 is 0. The van der Waals surface area contributed by atoms with Gasteiger partial charge in [0, 0.05) is 0 Å². The van der Waals surface area contributed by atoms with Crippen LogP contribution in [-0.4, -0.2) is 39.5 Å². The molecule has 5 nitrogen and oxygen atoms in total. The van der Waals surface area contributed by atoms with Gasteiger partial charge in [-0.1, -0.05) is 54.6 Å². The molecule has 0 spiro atoms. The van der Waals surface area contributed by atoms with E-state index in [0.717, 1.165) is 0 Å². The normalized spacial score (nSPS) is 13.5. The van der Waals surface area contributed by atoms with Crippen molar-refractivity contribution in [2.24, 2.45) is 0 Å². The fourth-order valence-electron chi connectivity index (χ4n) is 2.06. The second kappa shape index (κ2) is 7.34. The van der Waals surface area contributed by atoms with Crippen LogP contribution in [0.5, 0.6) is 0 Å². The van der Waals surface area contributed by atoms with Gasteiger partial charge in [-0.3, -0.25) is 9.59 Å². The smallest absolute Gasteiger partial charge is 0.311 e. The van der Waals surface area contributed by atoms with Crippen LogP contribution >= 0.6 is 0 Å². The van der Waals surface area contributed by atoms with E-state index in [9.17, 15) is 9.59 Å². The highest BCUT2D eigenvalue weighted by atomic mass is 28.4. The fraction of sp³-hybridized carbons (Fsp3) is 0.684. The Morgan fingerprint density at radius 2 is 1.58 bits per heavy atom. The maximum Gasteiger partial charge on any atom is 0.311 e. The van der Waals surface area contributed by atoms with Crippen molar-refractivity contribution in [3.63, 3.8) is 0 Å². The summed E-state index contributed by atoms with van der Waals surface area (Å²) in [7, 11) is -4.54. The molecule has 0 bridgehead atoms. The van der Waals surface area contributed by atoms with E-state index in [0.29, 0.717) is 0 Å². The number of rotatable bonds is 5. The molecule has 1 heterocycles. The molecule has 7 heteroatoms. The van der Waals surface area contributed by atoms with Gasteiger partial charge < -0.3 is 13.4 Å². The third kappa shape index (κ3) is 4.88. The Morgan fingerprint density at radius 3 is 1.96 bits per heavy atom. The molecule has 1 rings (SSSR count). The Morgan fingerprint density at radius 1 is 1.04 bits per heavy atom. The van der Waals surface area contributed by atoms with Crippen molar-refractivity contribution in [3.8, 4) is 0 Å². The summed E-state index contributed by atoms with van der Waals surface area (Å²) in [6, 6.07) is 3.33. The Hall–Kier alpha value is -1.35. The van der Waals surface area contributed by atoms with Crippen LogP contribution in [-0.2, 0) is 9.22 Å². The molecule has 1 aromatic rings. The summed E-state index contributed by atoms with van der Waals surface area (Å²) in [6.07, 6.45) is 1.48. The summed E-state index contributed by atoms with van der Waals surface area (Å²) in [5.41, 5.74) is 0. The molecule has 0 aliphatic heterocycles. The standard InChI is InChI=1S/C19H35NO4Si2/c1-18(2,3)25(7,8)20(17(22)15-12-11-13-23-15)14-16(21)24-26(9,10)19(4,5)6/h11-13H,14H2,1-10H3. The molecule has 0 N–H and O–H groups in total. The number of amides is 1. The van der Waals surface area contributed by atoms with Crippen molar-refractivity contribution < 1.29 is 18.4 Å². The topological polar surface area (TPSA) is 59.8 Å². The molecule has 0 aliphatic carbocycles. The first-order valence-electron chi connectivity index (χ1n) is 9.08. The first-order chi connectivity index (χ1) is 11.5. The quantitative estimate of drug-likeness (QED) is 0.635. The Bertz CT molecular complexity index is 637. The monoisotopic (exact) mass is 397 g/mol. The minimum atomic E-state index is -2.30. The number of hydrogen-bond donors (Lipinski definition) is 0. The maximum absolute atomic E-state index is 13.1. The minimum absolute atomic E-state index is 0.0392. The molecule has 0 atom stereocenters. The molecule has 1 aromatic heterocycles. The van der Waals surface area contributed by atoms with E-state index < -0.39 is 16.6 Å². The van der Waals surface area contributed by atoms with Gasteiger partial charge >= 0.3 is 5.97 Å². The molecular weight excluding hydrogens is 362 g/mol. The first-order valence-corrected chi connectivity index (χ1v) is 14.9. The number of furan rings is 1. The first kappa shape index (κ1) is 22.7. The SMILES string of the molecule is CC(C)(C)[Si](C)(C)OC(=O)CN(C(=O)c1ccco1)[Si](C)(C)C(C)(C)C. The van der Waals surface area contributed by atoms with Crippen molar-refractivity contribution in [2.45, 2.75) is 77.8 Å². The van der Waals surface area contributed by atoms with Gasteiger partial charge in [0.2, 0.25) is 0 Å². The summed E-state index contributed by atoms with van der Waals surface area (Å²) in [6.45, 7) is 20.8. The number of hydrogen-bond acceptors (Lipinski definition) is 4. The van der Waals surface area contributed by atoms with Crippen LogP contribution in [0.25, 0.3) is 0 Å². The molecule has 0 unspecified atom stereocenters. The minimum Gasteiger partial charge on any atom is -0.518 e. The highest BCUT2D eigenvalue weighted by Gasteiger charge is 2.46. The van der Waals surface area contributed by atoms with E-state index in [4.69, 9.17) is 8.84 Å². The van der Waals surface area contributed by atoms with Crippen LogP contribution in [0.4, 0.5) is 0 Å². The van der Waals surface area contributed by atoms with Crippen LogP contribution in [0.3, 0.4) is 0 Å². The second-order valence-electron chi connectivity index (χ2n) is 9.91. The van der Waals surface area contributed by atoms with Crippen molar-refractivity contribution in [3.05, 3.63) is 24.2 Å². The second-order valence-corrected chi connectivity index (χ2v) is 19.8. The molecule has 0 aliphatic rings. The van der Waals surface area contributed by atoms with E-state index >= 15 is 0 Å². The lowest BCUT2D eigenvalue weighted by molar-refractivity contribution is -0.135. The zero-order chi connectivity index (χ0) is 20.6. The van der Waals surface area contributed by atoms with E-state index in [1.807, 2.05) is 13.1 Å². The fourth-order valence-corrected chi connectivity index (χ4v) is 4.95. The van der Waals surface area contributed by atoms with Crippen molar-refractivity contribution in [1.29, 1.82) is 0 Å². The van der Waals surface area contributed by atoms with Crippen molar-refractivity contribution in [2.75, 3.05) is 6.54 Å². The average Bonchev–Trinajstić information content (AvgIpc) is 2.94. The maximum atomic E-state index is 13.1. The summed E-state index contributed by atoms with van der Waals surface area (Å²) in [4.78, 5) is 25.8. The zero-order valence-corrected chi connectivity index (χ0v) is 20.0. The van der Waals surface area contributed by atoms with Crippen molar-refractivity contribution >= 4 is 28.4 Å². The molecular formula is C19H35NO4Si2. The lowest BCUT2D eigenvalue weighted by Gasteiger charge is -2.45. The predicted octanol–water partition coefficient (Wildman–Crippen LogP) is 5.28. The molecule has 0 aromatic carbocycles. The lowest BCUT2D eigenvalue weighted by atomic mass is 10.2. The third-order valence-electron chi connectivity index (χ3n) is 5.95. The highest BCUT2D eigenvalue weighted by Crippen LogP contribution is 2.40. The van der Waals surface area contributed by atoms with Gasteiger partial charge in [0.15, 0.2) is 14.0 Å². The molecule has 148 valence electrons. The Labute approximate surface area is 160 Å². The molecule has 0 radical (unpaired) electrons. The van der Waals surface area contributed by atoms with E-state index in [2.05, 4.69) is 54.6 Å². The number of carbonyl (C=O) groups is 2. The van der Waals surface area contributed by atoms with Crippen LogP contribution < -0.4 is 0 Å². The molecule has 1 amide bonds. The van der Waals surface area contributed by atoms with Gasteiger partial charge in [0.25, 0.3) is 14.2 Å². The third-order valence-corrected chi connectivity index (χ3v) is 15.7. The largest absolute Gasteiger partial charge is 0.518 e. The summed E-state index contributed by atoms with van der Waals surface area (Å²) in [5, 5.41) is -0.179. The lowest BCUT2D eigenvalue weighted by Crippen LogP contribution is -2.59. The summed E-state index contributed by atoms with van der Waals surface area (Å²) in [5.74, 6) is -0.315. The number of carbonyl (C=O) groups excluding carboxylic acids is 2. The van der Waals surface area contributed by atoms with Crippen LogP contribution in [0.15, 0.2) is 22.8 Å². The average molecular weight is 398 g/mol. The van der Waals surface area contributed by atoms with Gasteiger partial charge in [-0.25, -0.2) is 0 Å². The predicted molar refractivity (Wildman–Crippen MR) is 110 cm³/mol. The van der Waals surface area contributed by atoms with Gasteiger partial charge in [0.05, 0.1) is 6.26 Å². The zero-order valence-electron chi connectivity index (χ0n) is 18.0. The van der Waals surface area contributed by atoms with Gasteiger partial charge in [0.1, 0.15) is 6.54 Å². The van der Waals surface area contributed by atoms with Crippen LogP contribution in [0, 0.1) is 0 Å². The summed E-state index contributed by atoms with van der Waals surface area (Å²) < 4.78 is 12.9.